The Labute approximate surface area is 147 Å². The molecule has 2 N–H and O–H groups in total. The number of aliphatic hydroxyl groups is 1. The highest BCUT2D eigenvalue weighted by Gasteiger charge is 2.22. The Morgan fingerprint density at radius 3 is 2.83 bits per heavy atom. The van der Waals surface area contributed by atoms with Crippen LogP contribution in [0, 0.1) is 0 Å². The molecule has 1 aromatic carbocycles. The van der Waals surface area contributed by atoms with Crippen molar-refractivity contribution < 1.29 is 9.84 Å². The number of benzene rings is 1. The average Bonchev–Trinajstić information content (AvgIpc) is 3.12. The van der Waals surface area contributed by atoms with Crippen LogP contribution < -0.4 is 0 Å². The van der Waals surface area contributed by atoms with Crippen LogP contribution in [0.3, 0.4) is 0 Å². The molecule has 1 fully saturated rings. The van der Waals surface area contributed by atoms with Gasteiger partial charge in [-0.25, -0.2) is 0 Å². The first-order valence-corrected chi connectivity index (χ1v) is 8.80. The number of nitrogens with zero attached hydrogens (tertiary/aromatic N) is 2. The average molecular weight is 350 g/mol. The quantitative estimate of drug-likeness (QED) is 0.807. The normalized spacial score (nSPS) is 17.9. The molecule has 0 bridgehead atoms. The van der Waals surface area contributed by atoms with Crippen molar-refractivity contribution in [3.05, 3.63) is 52.8 Å². The summed E-state index contributed by atoms with van der Waals surface area (Å²) in [4.78, 5) is 2.31. The highest BCUT2D eigenvalue weighted by atomic mass is 35.5. The van der Waals surface area contributed by atoms with Gasteiger partial charge in [0.25, 0.3) is 0 Å². The molecule has 0 radical (unpaired) electrons. The molecule has 2 aromatic rings. The minimum Gasteiger partial charge on any atom is -0.389 e. The second-order valence-electron chi connectivity index (χ2n) is 6.37. The Hall–Kier alpha value is -1.40. The van der Waals surface area contributed by atoms with Crippen LogP contribution in [0.1, 0.15) is 29.9 Å². The fourth-order valence-electron chi connectivity index (χ4n) is 3.20. The summed E-state index contributed by atoms with van der Waals surface area (Å²) in [7, 11) is 0. The van der Waals surface area contributed by atoms with Gasteiger partial charge in [-0.3, -0.25) is 5.10 Å². The summed E-state index contributed by atoms with van der Waals surface area (Å²) in [6.45, 7) is 3.40. The number of rotatable bonds is 7. The van der Waals surface area contributed by atoms with Crippen LogP contribution >= 0.6 is 11.6 Å². The third kappa shape index (κ3) is 4.80. The second-order valence-corrected chi connectivity index (χ2v) is 6.77. The number of nitrogens with one attached hydrogen (secondary N) is 1. The lowest BCUT2D eigenvalue weighted by Crippen LogP contribution is -2.39. The lowest BCUT2D eigenvalue weighted by molar-refractivity contribution is 0.00623. The SMILES string of the molecule is OC(COCc1ccccc1Cl)CN1CCC(c2cn[nH]c2)CC1. The summed E-state index contributed by atoms with van der Waals surface area (Å²) < 4.78 is 5.61. The number of piperidine rings is 1. The largest absolute Gasteiger partial charge is 0.389 e. The van der Waals surface area contributed by atoms with E-state index in [-0.39, 0.29) is 0 Å². The molecular formula is C18H24ClN3O2. The zero-order valence-corrected chi connectivity index (χ0v) is 14.5. The van der Waals surface area contributed by atoms with Gasteiger partial charge in [0.05, 0.1) is 25.5 Å². The van der Waals surface area contributed by atoms with Gasteiger partial charge in [-0.05, 0) is 49.0 Å². The Kier molecular flexibility index (Phi) is 6.26. The maximum atomic E-state index is 10.2. The minimum absolute atomic E-state index is 0.326. The highest BCUT2D eigenvalue weighted by molar-refractivity contribution is 6.31. The number of aromatic nitrogens is 2. The van der Waals surface area contributed by atoms with Gasteiger partial charge < -0.3 is 14.7 Å². The molecule has 1 unspecified atom stereocenters. The molecule has 1 saturated heterocycles. The second kappa shape index (κ2) is 8.62. The van der Waals surface area contributed by atoms with E-state index < -0.39 is 6.10 Å². The number of aliphatic hydroxyl groups excluding tert-OH is 1. The lowest BCUT2D eigenvalue weighted by Gasteiger charge is -2.32. The molecule has 6 heteroatoms. The van der Waals surface area contributed by atoms with Gasteiger partial charge in [-0.1, -0.05) is 29.8 Å². The van der Waals surface area contributed by atoms with E-state index >= 15 is 0 Å². The summed E-state index contributed by atoms with van der Waals surface area (Å²) in [5.41, 5.74) is 2.24. The first kappa shape index (κ1) is 17.4. The molecule has 0 saturated carbocycles. The van der Waals surface area contributed by atoms with Crippen LogP contribution in [0.25, 0.3) is 0 Å². The smallest absolute Gasteiger partial charge is 0.0900 e. The number of H-pyrrole nitrogens is 1. The fourth-order valence-corrected chi connectivity index (χ4v) is 3.39. The minimum atomic E-state index is -0.474. The third-order valence-electron chi connectivity index (χ3n) is 4.57. The van der Waals surface area contributed by atoms with Gasteiger partial charge in [-0.2, -0.15) is 5.10 Å². The summed E-state index contributed by atoms with van der Waals surface area (Å²) in [6, 6.07) is 7.62. The van der Waals surface area contributed by atoms with E-state index in [1.54, 1.807) is 0 Å². The van der Waals surface area contributed by atoms with Gasteiger partial charge >= 0.3 is 0 Å². The first-order chi connectivity index (χ1) is 11.7. The van der Waals surface area contributed by atoms with Crippen molar-refractivity contribution in [2.24, 2.45) is 0 Å². The van der Waals surface area contributed by atoms with E-state index in [1.165, 1.54) is 5.56 Å². The molecule has 0 spiro atoms. The van der Waals surface area contributed by atoms with Crippen molar-refractivity contribution in [2.45, 2.75) is 31.5 Å². The zero-order valence-electron chi connectivity index (χ0n) is 13.7. The van der Waals surface area contributed by atoms with E-state index in [0.717, 1.165) is 31.5 Å². The molecule has 1 aliphatic heterocycles. The molecule has 2 heterocycles. The van der Waals surface area contributed by atoms with Crippen molar-refractivity contribution in [1.82, 2.24) is 15.1 Å². The van der Waals surface area contributed by atoms with E-state index in [0.29, 0.717) is 30.7 Å². The maximum Gasteiger partial charge on any atom is 0.0900 e. The fraction of sp³-hybridized carbons (Fsp3) is 0.500. The zero-order chi connectivity index (χ0) is 16.8. The number of hydrogen-bond acceptors (Lipinski definition) is 4. The predicted octanol–water partition coefficient (Wildman–Crippen LogP) is 2.82. The van der Waals surface area contributed by atoms with Crippen LogP contribution in [0.4, 0.5) is 0 Å². The predicted molar refractivity (Wildman–Crippen MR) is 94.1 cm³/mol. The van der Waals surface area contributed by atoms with Crippen LogP contribution in [0.2, 0.25) is 5.02 Å². The molecule has 0 amide bonds. The maximum absolute atomic E-state index is 10.2. The summed E-state index contributed by atoms with van der Waals surface area (Å²) in [5.74, 6) is 0.577. The van der Waals surface area contributed by atoms with Crippen LogP contribution in [-0.4, -0.2) is 52.5 Å². The standard InChI is InChI=1S/C18H24ClN3O2/c19-18-4-2-1-3-15(18)12-24-13-17(23)11-22-7-5-14(6-8-22)16-9-20-21-10-16/h1-4,9-10,14,17,23H,5-8,11-13H2,(H,20,21). The first-order valence-electron chi connectivity index (χ1n) is 8.42. The Bertz CT molecular complexity index is 612. The van der Waals surface area contributed by atoms with Gasteiger partial charge in [0.15, 0.2) is 0 Å². The van der Waals surface area contributed by atoms with E-state index in [1.807, 2.05) is 36.7 Å². The monoisotopic (exact) mass is 349 g/mol. The number of aromatic amines is 1. The summed E-state index contributed by atoms with van der Waals surface area (Å²) >= 11 is 6.09. The van der Waals surface area contributed by atoms with Gasteiger partial charge in [0, 0.05) is 17.8 Å². The van der Waals surface area contributed by atoms with Gasteiger partial charge in [0.1, 0.15) is 0 Å². The van der Waals surface area contributed by atoms with E-state index in [9.17, 15) is 5.11 Å². The molecule has 0 aliphatic carbocycles. The number of ether oxygens (including phenoxy) is 1. The summed E-state index contributed by atoms with van der Waals surface area (Å²) in [5, 5.41) is 17.8. The van der Waals surface area contributed by atoms with E-state index in [4.69, 9.17) is 16.3 Å². The highest BCUT2D eigenvalue weighted by Crippen LogP contribution is 2.27. The van der Waals surface area contributed by atoms with Crippen molar-refractivity contribution in [1.29, 1.82) is 0 Å². The molecule has 1 aliphatic rings. The Morgan fingerprint density at radius 1 is 1.33 bits per heavy atom. The van der Waals surface area contributed by atoms with Crippen LogP contribution in [0.15, 0.2) is 36.7 Å². The number of likely N-dealkylation sites (tertiary alicyclic amines) is 1. The van der Waals surface area contributed by atoms with Crippen LogP contribution in [-0.2, 0) is 11.3 Å². The summed E-state index contributed by atoms with van der Waals surface area (Å²) in [6.07, 6.45) is 5.63. The van der Waals surface area contributed by atoms with Crippen molar-refractivity contribution >= 4 is 11.6 Å². The molecular weight excluding hydrogens is 326 g/mol. The Balaban J connectivity index is 1.35. The molecule has 1 aromatic heterocycles. The van der Waals surface area contributed by atoms with Crippen molar-refractivity contribution in [3.8, 4) is 0 Å². The van der Waals surface area contributed by atoms with E-state index in [2.05, 4.69) is 15.1 Å². The number of hydrogen-bond donors (Lipinski definition) is 2. The number of halogens is 1. The number of β-amino-alcohol motifs (C(OH)–C–C–N with tert-alkyl or cyclic N) is 1. The van der Waals surface area contributed by atoms with Gasteiger partial charge in [-0.15, -0.1) is 0 Å². The topological polar surface area (TPSA) is 61.4 Å². The lowest BCUT2D eigenvalue weighted by atomic mass is 9.91. The molecule has 130 valence electrons. The van der Waals surface area contributed by atoms with Crippen LogP contribution in [0.5, 0.6) is 0 Å². The molecule has 24 heavy (non-hydrogen) atoms. The van der Waals surface area contributed by atoms with Crippen molar-refractivity contribution in [2.75, 3.05) is 26.2 Å². The van der Waals surface area contributed by atoms with Crippen molar-refractivity contribution in [3.63, 3.8) is 0 Å². The Morgan fingerprint density at radius 2 is 2.12 bits per heavy atom. The molecule has 5 nitrogen and oxygen atoms in total. The third-order valence-corrected chi connectivity index (χ3v) is 4.94. The molecule has 1 atom stereocenters. The molecule has 3 rings (SSSR count). The van der Waals surface area contributed by atoms with Gasteiger partial charge in [0.2, 0.25) is 0 Å².